The number of pyridine rings is 1. The van der Waals surface area contributed by atoms with Crippen LogP contribution in [0.5, 0.6) is 17.2 Å². The topological polar surface area (TPSA) is 87.8 Å². The number of hydrogen-bond acceptors (Lipinski definition) is 8. The average molecular weight is 584 g/mol. The van der Waals surface area contributed by atoms with Crippen LogP contribution in [0.25, 0.3) is 0 Å². The van der Waals surface area contributed by atoms with Crippen molar-refractivity contribution in [3.05, 3.63) is 70.5 Å². The summed E-state index contributed by atoms with van der Waals surface area (Å²) in [6.07, 6.45) is 4.79. The van der Waals surface area contributed by atoms with Gasteiger partial charge in [-0.15, -0.1) is 0 Å². The van der Waals surface area contributed by atoms with Crippen molar-refractivity contribution < 1.29 is 14.3 Å². The van der Waals surface area contributed by atoms with Gasteiger partial charge in [0.25, 0.3) is 5.91 Å². The molecule has 10 heteroatoms. The third-order valence-electron chi connectivity index (χ3n) is 6.65. The molecule has 2 heterocycles. The van der Waals surface area contributed by atoms with Crippen molar-refractivity contribution in [3.8, 4) is 17.2 Å². The molecule has 0 bridgehead atoms. The highest BCUT2D eigenvalue weighted by atomic mass is 35.5. The van der Waals surface area contributed by atoms with E-state index in [2.05, 4.69) is 46.0 Å². The van der Waals surface area contributed by atoms with Gasteiger partial charge in [0, 0.05) is 43.7 Å². The molecular weight excluding hydrogens is 546 g/mol. The van der Waals surface area contributed by atoms with Crippen molar-refractivity contribution >= 4 is 40.8 Å². The Morgan fingerprint density at radius 1 is 1.12 bits per heavy atom. The van der Waals surface area contributed by atoms with E-state index in [1.807, 2.05) is 24.5 Å². The molecule has 0 saturated carbocycles. The van der Waals surface area contributed by atoms with Crippen LogP contribution in [0.4, 0.5) is 11.4 Å². The molecule has 3 N–H and O–H groups in total. The van der Waals surface area contributed by atoms with Crippen molar-refractivity contribution in [3.63, 3.8) is 0 Å². The highest BCUT2D eigenvalue weighted by Crippen LogP contribution is 2.40. The fourth-order valence-electron chi connectivity index (χ4n) is 4.50. The van der Waals surface area contributed by atoms with Crippen LogP contribution in [0.3, 0.4) is 0 Å². The fraction of sp³-hybridized carbons (Fsp3) is 0.400. The van der Waals surface area contributed by atoms with Crippen LogP contribution in [0, 0.1) is 0 Å². The number of aromatic nitrogens is 1. The van der Waals surface area contributed by atoms with E-state index >= 15 is 0 Å². The quantitative estimate of drug-likeness (QED) is 0.244. The number of benzene rings is 2. The van der Waals surface area contributed by atoms with Gasteiger partial charge in [0.1, 0.15) is 11.5 Å². The zero-order chi connectivity index (χ0) is 28.7. The summed E-state index contributed by atoms with van der Waals surface area (Å²) in [4.78, 5) is 20.3. The monoisotopic (exact) mass is 583 g/mol. The summed E-state index contributed by atoms with van der Waals surface area (Å²) < 4.78 is 15.1. The maximum Gasteiger partial charge on any atom is 0.255 e. The Kier molecular flexibility index (Phi) is 10.2. The van der Waals surface area contributed by atoms with E-state index in [0.717, 1.165) is 56.1 Å². The average Bonchev–Trinajstić information content (AvgIpc) is 3.18. The lowest BCUT2D eigenvalue weighted by Gasteiger charge is -2.24. The third-order valence-corrected chi connectivity index (χ3v) is 7.38. The van der Waals surface area contributed by atoms with Crippen LogP contribution in [-0.2, 0) is 12.0 Å². The highest BCUT2D eigenvalue weighted by Gasteiger charge is 2.22. The second-order valence-electron chi connectivity index (χ2n) is 10.7. The molecule has 214 valence electrons. The predicted octanol–water partition coefficient (Wildman–Crippen LogP) is 6.57. The lowest BCUT2D eigenvalue weighted by atomic mass is 9.86. The van der Waals surface area contributed by atoms with E-state index < -0.39 is 0 Å². The van der Waals surface area contributed by atoms with Gasteiger partial charge in [-0.25, -0.2) is 0 Å². The fourth-order valence-corrected chi connectivity index (χ4v) is 5.03. The van der Waals surface area contributed by atoms with Crippen LogP contribution in [0.1, 0.15) is 48.8 Å². The summed E-state index contributed by atoms with van der Waals surface area (Å²) in [5, 5.41) is 6.86. The molecule has 0 radical (unpaired) electrons. The number of ether oxygens (including phenoxy) is 2. The molecule has 0 aliphatic carbocycles. The summed E-state index contributed by atoms with van der Waals surface area (Å²) >= 11 is 7.94. The molecule has 1 saturated heterocycles. The Morgan fingerprint density at radius 2 is 1.93 bits per heavy atom. The lowest BCUT2D eigenvalue weighted by Crippen LogP contribution is -2.27. The van der Waals surface area contributed by atoms with Gasteiger partial charge in [-0.2, -0.15) is 0 Å². The Hall–Kier alpha value is -2.98. The molecule has 2 aromatic carbocycles. The SMILES string of the molecule is COc1c(NSC)cc(C(C)(C)C)cc1NC(=O)c1ccc(Cl)c(Oc2ccnc(CN3CCCNCC3)c2)c1. The smallest absolute Gasteiger partial charge is 0.255 e. The molecular formula is C30H38ClN5O3S. The van der Waals surface area contributed by atoms with Crippen molar-refractivity contribution in [1.82, 2.24) is 15.2 Å². The van der Waals surface area contributed by atoms with Gasteiger partial charge in [-0.1, -0.05) is 44.3 Å². The van der Waals surface area contributed by atoms with E-state index in [4.69, 9.17) is 21.1 Å². The summed E-state index contributed by atoms with van der Waals surface area (Å²) in [7, 11) is 1.59. The van der Waals surface area contributed by atoms with Gasteiger partial charge in [-0.3, -0.25) is 14.7 Å². The Balaban J connectivity index is 1.54. The summed E-state index contributed by atoms with van der Waals surface area (Å²) in [5.41, 5.74) is 3.64. The van der Waals surface area contributed by atoms with E-state index in [-0.39, 0.29) is 11.3 Å². The molecule has 1 aliphatic heterocycles. The standard InChI is InChI=1S/C30H38ClN5O3S/c1-30(2,3)21-16-25(28(38-4)26(17-21)35-40-5)34-29(37)20-7-8-24(31)27(15-20)39-23-9-11-33-22(18-23)19-36-13-6-10-32-12-14-36/h7-9,11,15-18,32,35H,6,10,12-14,19H2,1-5H3,(H,34,37). The molecule has 1 aliphatic rings. The molecule has 1 aromatic heterocycles. The van der Waals surface area contributed by atoms with Crippen molar-refractivity contribution in [2.45, 2.75) is 39.2 Å². The Morgan fingerprint density at radius 3 is 2.67 bits per heavy atom. The van der Waals surface area contributed by atoms with E-state index in [1.54, 1.807) is 37.6 Å². The van der Waals surface area contributed by atoms with Crippen LogP contribution >= 0.6 is 23.5 Å². The summed E-state index contributed by atoms with van der Waals surface area (Å²) in [6, 6.07) is 12.7. The zero-order valence-corrected chi connectivity index (χ0v) is 25.3. The second-order valence-corrected chi connectivity index (χ2v) is 11.7. The largest absolute Gasteiger partial charge is 0.492 e. The second kappa shape index (κ2) is 13.6. The number of hydrogen-bond donors (Lipinski definition) is 3. The first-order valence-electron chi connectivity index (χ1n) is 13.4. The number of rotatable bonds is 9. The van der Waals surface area contributed by atoms with E-state index in [9.17, 15) is 4.79 Å². The van der Waals surface area contributed by atoms with Gasteiger partial charge in [0.2, 0.25) is 0 Å². The molecule has 0 unspecified atom stereocenters. The summed E-state index contributed by atoms with van der Waals surface area (Å²) in [5.74, 6) is 1.27. The van der Waals surface area contributed by atoms with Crippen LogP contribution in [0.15, 0.2) is 48.7 Å². The van der Waals surface area contributed by atoms with Crippen LogP contribution in [-0.4, -0.2) is 55.3 Å². The number of amides is 1. The minimum Gasteiger partial charge on any atom is -0.492 e. The normalized spacial score (nSPS) is 14.3. The van der Waals surface area contributed by atoms with E-state index in [0.29, 0.717) is 33.5 Å². The van der Waals surface area contributed by atoms with Gasteiger partial charge in [0.05, 0.1) is 29.2 Å². The number of halogens is 1. The van der Waals surface area contributed by atoms with Crippen molar-refractivity contribution in [1.29, 1.82) is 0 Å². The van der Waals surface area contributed by atoms with Crippen LogP contribution < -0.4 is 24.8 Å². The maximum atomic E-state index is 13.4. The molecule has 8 nitrogen and oxygen atoms in total. The molecule has 0 spiro atoms. The number of anilines is 2. The lowest BCUT2D eigenvalue weighted by molar-refractivity contribution is 0.102. The number of nitrogens with zero attached hydrogens (tertiary/aromatic N) is 2. The minimum atomic E-state index is -0.300. The van der Waals surface area contributed by atoms with Gasteiger partial charge < -0.3 is 24.8 Å². The Labute approximate surface area is 246 Å². The Bertz CT molecular complexity index is 1320. The van der Waals surface area contributed by atoms with Gasteiger partial charge in [-0.05, 0) is 66.9 Å². The molecule has 40 heavy (non-hydrogen) atoms. The highest BCUT2D eigenvalue weighted by molar-refractivity contribution is 7.99. The first-order valence-corrected chi connectivity index (χ1v) is 15.0. The van der Waals surface area contributed by atoms with Crippen molar-refractivity contribution in [2.24, 2.45) is 0 Å². The molecule has 0 atom stereocenters. The predicted molar refractivity (Wildman–Crippen MR) is 165 cm³/mol. The first-order chi connectivity index (χ1) is 19.2. The van der Waals surface area contributed by atoms with Gasteiger partial charge >= 0.3 is 0 Å². The van der Waals surface area contributed by atoms with E-state index in [1.165, 1.54) is 11.9 Å². The van der Waals surface area contributed by atoms with Gasteiger partial charge in [0.15, 0.2) is 5.75 Å². The minimum absolute atomic E-state index is 0.130. The number of carbonyl (C=O) groups is 1. The molecule has 1 amide bonds. The first kappa shape index (κ1) is 30.0. The molecule has 1 fully saturated rings. The number of methoxy groups -OCH3 is 1. The van der Waals surface area contributed by atoms with Crippen molar-refractivity contribution in [2.75, 3.05) is 49.6 Å². The molecule has 4 rings (SSSR count). The maximum absolute atomic E-state index is 13.4. The molecule has 3 aromatic rings. The zero-order valence-electron chi connectivity index (χ0n) is 23.8. The number of nitrogens with one attached hydrogen (secondary N) is 3. The summed E-state index contributed by atoms with van der Waals surface area (Å²) in [6.45, 7) is 11.2. The third kappa shape index (κ3) is 7.81. The van der Waals surface area contributed by atoms with Crippen LogP contribution in [0.2, 0.25) is 5.02 Å². The number of carbonyl (C=O) groups excluding carboxylic acids is 1.